The molecule has 0 amide bonds. The molecule has 0 aromatic heterocycles. The summed E-state index contributed by atoms with van der Waals surface area (Å²) < 4.78 is 20.0. The Kier molecular flexibility index (Phi) is 3.96. The second kappa shape index (κ2) is 5.54. The van der Waals surface area contributed by atoms with Crippen molar-refractivity contribution in [2.45, 2.75) is 44.6 Å². The molecule has 2 unspecified atom stereocenters. The molecule has 0 saturated carbocycles. The van der Waals surface area contributed by atoms with Crippen LogP contribution in [0.25, 0.3) is 0 Å². The maximum Gasteiger partial charge on any atom is 0.288 e. The third-order valence-corrected chi connectivity index (χ3v) is 7.86. The summed E-state index contributed by atoms with van der Waals surface area (Å²) in [6.07, 6.45) is 7.06. The molecule has 0 radical (unpaired) electrons. The molecule has 0 spiro atoms. The van der Waals surface area contributed by atoms with Gasteiger partial charge in [-0.1, -0.05) is 12.8 Å². The maximum atomic E-state index is 13.7. The third-order valence-electron chi connectivity index (χ3n) is 4.47. The summed E-state index contributed by atoms with van der Waals surface area (Å²) in [7, 11) is -2.63. The Morgan fingerprint density at radius 1 is 0.895 bits per heavy atom. The Balaban J connectivity index is 1.82. The van der Waals surface area contributed by atoms with Crippen molar-refractivity contribution in [3.05, 3.63) is 0 Å². The predicted molar refractivity (Wildman–Crippen MR) is 74.6 cm³/mol. The summed E-state index contributed by atoms with van der Waals surface area (Å²) in [6.45, 7) is 4.43. The van der Waals surface area contributed by atoms with E-state index >= 15 is 0 Å². The number of hydrogen-bond acceptors (Lipinski definition) is 2. The van der Waals surface area contributed by atoms with Gasteiger partial charge in [0.05, 0.1) is 6.07 Å². The van der Waals surface area contributed by atoms with Crippen LogP contribution >= 0.6 is 7.59 Å². The van der Waals surface area contributed by atoms with Crippen molar-refractivity contribution >= 4 is 7.59 Å². The Morgan fingerprint density at radius 2 is 1.37 bits per heavy atom. The van der Waals surface area contributed by atoms with E-state index in [0.717, 1.165) is 51.9 Å². The van der Waals surface area contributed by atoms with E-state index in [1.54, 1.807) is 0 Å². The summed E-state index contributed by atoms with van der Waals surface area (Å²) in [5, 5.41) is 9.09. The van der Waals surface area contributed by atoms with E-state index in [0.29, 0.717) is 6.54 Å². The highest BCUT2D eigenvalue weighted by atomic mass is 31.2. The summed E-state index contributed by atoms with van der Waals surface area (Å²) in [6, 6.07) is 2.16. The smallest absolute Gasteiger partial charge is 0.270 e. The lowest BCUT2D eigenvalue weighted by Crippen LogP contribution is -2.40. The van der Waals surface area contributed by atoms with Crippen LogP contribution in [0.1, 0.15) is 38.5 Å². The van der Waals surface area contributed by atoms with Gasteiger partial charge in [-0.3, -0.25) is 4.57 Å². The molecule has 3 heterocycles. The first-order valence-corrected chi connectivity index (χ1v) is 9.11. The van der Waals surface area contributed by atoms with E-state index in [-0.39, 0.29) is 6.04 Å². The molecule has 2 atom stereocenters. The molecule has 0 bridgehead atoms. The zero-order valence-electron chi connectivity index (χ0n) is 11.5. The molecule has 3 aliphatic heterocycles. The van der Waals surface area contributed by atoms with Crippen molar-refractivity contribution in [1.29, 1.82) is 5.26 Å². The van der Waals surface area contributed by atoms with E-state index in [4.69, 9.17) is 5.26 Å². The molecule has 3 rings (SSSR count). The van der Waals surface area contributed by atoms with Gasteiger partial charge in [0.25, 0.3) is 7.59 Å². The SMILES string of the molecule is N#CC1CN1P(=O)(N1CCCCC1)N1CCCCC1. The first kappa shape index (κ1) is 13.6. The van der Waals surface area contributed by atoms with Gasteiger partial charge in [-0.05, 0) is 25.7 Å². The molecule has 0 aromatic rings. The number of hydrogen-bond donors (Lipinski definition) is 0. The third kappa shape index (κ3) is 2.48. The Morgan fingerprint density at radius 3 is 1.74 bits per heavy atom. The summed E-state index contributed by atoms with van der Waals surface area (Å²) in [5.74, 6) is 0. The zero-order valence-corrected chi connectivity index (χ0v) is 12.4. The largest absolute Gasteiger partial charge is 0.288 e. The maximum absolute atomic E-state index is 13.7. The van der Waals surface area contributed by atoms with E-state index < -0.39 is 7.59 Å². The number of nitriles is 1. The van der Waals surface area contributed by atoms with Crippen LogP contribution in [0.4, 0.5) is 0 Å². The molecular formula is C13H23N4OP. The Hall–Kier alpha value is -0.400. The molecule has 106 valence electrons. The Labute approximate surface area is 115 Å². The monoisotopic (exact) mass is 282 g/mol. The van der Waals surface area contributed by atoms with Crippen molar-refractivity contribution in [2.75, 3.05) is 32.7 Å². The fourth-order valence-electron chi connectivity index (χ4n) is 3.30. The van der Waals surface area contributed by atoms with Gasteiger partial charge in [-0.25, -0.2) is 14.0 Å². The minimum Gasteiger partial charge on any atom is -0.270 e. The van der Waals surface area contributed by atoms with Gasteiger partial charge in [0.1, 0.15) is 6.04 Å². The molecular weight excluding hydrogens is 259 g/mol. The molecule has 0 aromatic carbocycles. The minimum absolute atomic E-state index is 0.116. The summed E-state index contributed by atoms with van der Waals surface area (Å²) >= 11 is 0. The second-order valence-corrected chi connectivity index (χ2v) is 8.48. The molecule has 6 heteroatoms. The fraction of sp³-hybridized carbons (Fsp3) is 0.923. The van der Waals surface area contributed by atoms with Crippen molar-refractivity contribution in [2.24, 2.45) is 0 Å². The predicted octanol–water partition coefficient (Wildman–Crippen LogP) is 2.27. The van der Waals surface area contributed by atoms with Crippen molar-refractivity contribution in [3.63, 3.8) is 0 Å². The van der Waals surface area contributed by atoms with Gasteiger partial charge in [0.15, 0.2) is 0 Å². The average molecular weight is 282 g/mol. The van der Waals surface area contributed by atoms with Crippen LogP contribution in [0, 0.1) is 11.3 Å². The van der Waals surface area contributed by atoms with Crippen LogP contribution in [0.3, 0.4) is 0 Å². The standard InChI is InChI=1S/C13H23N4OP/c14-11-13-12-17(13)19(18,15-7-3-1-4-8-15)16-9-5-2-6-10-16/h13H,1-10,12H2. The molecule has 19 heavy (non-hydrogen) atoms. The minimum atomic E-state index is -2.63. The quantitative estimate of drug-likeness (QED) is 0.587. The molecule has 0 N–H and O–H groups in total. The average Bonchev–Trinajstić information content (AvgIpc) is 3.28. The molecule has 0 aliphatic carbocycles. The molecule has 3 aliphatic rings. The van der Waals surface area contributed by atoms with Crippen LogP contribution in [-0.4, -0.2) is 52.8 Å². The highest BCUT2D eigenvalue weighted by molar-refractivity contribution is 7.57. The number of rotatable bonds is 3. The lowest BCUT2D eigenvalue weighted by atomic mass is 10.2. The van der Waals surface area contributed by atoms with Gasteiger partial charge in [0.2, 0.25) is 0 Å². The number of nitrogens with zero attached hydrogens (tertiary/aromatic N) is 4. The van der Waals surface area contributed by atoms with Gasteiger partial charge >= 0.3 is 0 Å². The molecule has 3 saturated heterocycles. The summed E-state index contributed by atoms with van der Waals surface area (Å²) in [5.41, 5.74) is 0. The highest BCUT2D eigenvalue weighted by Gasteiger charge is 2.54. The van der Waals surface area contributed by atoms with Gasteiger partial charge in [-0.2, -0.15) is 5.26 Å². The first-order valence-electron chi connectivity index (χ1n) is 7.54. The Bertz CT molecular complexity index is 387. The highest BCUT2D eigenvalue weighted by Crippen LogP contribution is 2.63. The van der Waals surface area contributed by atoms with Gasteiger partial charge < -0.3 is 0 Å². The molecule has 5 nitrogen and oxygen atoms in total. The van der Waals surface area contributed by atoms with Crippen LogP contribution in [0.5, 0.6) is 0 Å². The van der Waals surface area contributed by atoms with E-state index in [1.807, 2.05) is 4.67 Å². The number of piperidine rings is 2. The van der Waals surface area contributed by atoms with E-state index in [2.05, 4.69) is 15.4 Å². The van der Waals surface area contributed by atoms with E-state index in [9.17, 15) is 4.57 Å². The normalized spacial score (nSPS) is 33.8. The lowest BCUT2D eigenvalue weighted by Gasteiger charge is -2.42. The van der Waals surface area contributed by atoms with Crippen LogP contribution < -0.4 is 0 Å². The van der Waals surface area contributed by atoms with Crippen LogP contribution in [0.2, 0.25) is 0 Å². The second-order valence-electron chi connectivity index (χ2n) is 5.81. The lowest BCUT2D eigenvalue weighted by molar-refractivity contribution is 0.257. The zero-order chi connectivity index (χ0) is 13.3. The fourth-order valence-corrected chi connectivity index (χ4v) is 6.70. The first-order chi connectivity index (χ1) is 9.26. The van der Waals surface area contributed by atoms with Crippen LogP contribution in [-0.2, 0) is 4.57 Å². The topological polar surface area (TPSA) is 50.4 Å². The van der Waals surface area contributed by atoms with Gasteiger partial charge in [0, 0.05) is 32.7 Å². The van der Waals surface area contributed by atoms with Crippen molar-refractivity contribution in [1.82, 2.24) is 14.0 Å². The van der Waals surface area contributed by atoms with Crippen molar-refractivity contribution < 1.29 is 4.57 Å². The van der Waals surface area contributed by atoms with Gasteiger partial charge in [-0.15, -0.1) is 0 Å². The molecule has 3 fully saturated rings. The van der Waals surface area contributed by atoms with Crippen LogP contribution in [0.15, 0.2) is 0 Å². The van der Waals surface area contributed by atoms with Crippen molar-refractivity contribution in [3.8, 4) is 6.07 Å². The van der Waals surface area contributed by atoms with E-state index in [1.165, 1.54) is 12.8 Å². The summed E-state index contributed by atoms with van der Waals surface area (Å²) in [4.78, 5) is 0.